The molecule has 0 amide bonds. The van der Waals surface area contributed by atoms with Crippen molar-refractivity contribution in [3.63, 3.8) is 0 Å². The van der Waals surface area contributed by atoms with Gasteiger partial charge in [0, 0.05) is 12.1 Å². The van der Waals surface area contributed by atoms with Crippen LogP contribution >= 0.6 is 0 Å². The van der Waals surface area contributed by atoms with E-state index in [4.69, 9.17) is 4.74 Å². The largest absolute Gasteiger partial charge is 0.458 e. The monoisotopic (exact) mass is 533 g/mol. The Labute approximate surface area is 207 Å². The molecule has 0 spiro atoms. The fraction of sp³-hybridized carbons (Fsp3) is 0.308. The molecule has 3 aromatic carbocycles. The summed E-state index contributed by atoms with van der Waals surface area (Å²) >= 11 is 0. The van der Waals surface area contributed by atoms with Gasteiger partial charge in [0.25, 0.3) is 0 Å². The maximum absolute atomic E-state index is 14.0. The average molecular weight is 533 g/mol. The lowest BCUT2D eigenvalue weighted by molar-refractivity contribution is -0.289. The van der Waals surface area contributed by atoms with Crippen molar-refractivity contribution < 1.29 is 45.0 Å². The fourth-order valence-electron chi connectivity index (χ4n) is 3.57. The van der Waals surface area contributed by atoms with Crippen LogP contribution in [-0.2, 0) is 12.3 Å². The average Bonchev–Trinajstić information content (AvgIpc) is 2.83. The summed E-state index contributed by atoms with van der Waals surface area (Å²) < 4.78 is 111. The van der Waals surface area contributed by atoms with E-state index in [2.05, 4.69) is 5.32 Å². The third-order valence-corrected chi connectivity index (χ3v) is 5.57. The number of halogens is 8. The van der Waals surface area contributed by atoms with E-state index >= 15 is 0 Å². The molecule has 0 fully saturated rings. The summed E-state index contributed by atoms with van der Waals surface area (Å²) in [5.74, 6) is -4.46. The van der Waals surface area contributed by atoms with Crippen molar-refractivity contribution in [1.82, 2.24) is 5.32 Å². The second-order valence-corrected chi connectivity index (χ2v) is 8.27. The second kappa shape index (κ2) is 11.1. The van der Waals surface area contributed by atoms with Crippen molar-refractivity contribution in [2.45, 2.75) is 43.8 Å². The molecule has 0 aliphatic carbocycles. The smallest absolute Gasteiger partial charge is 0.457 e. The first-order valence-corrected chi connectivity index (χ1v) is 11.1. The van der Waals surface area contributed by atoms with Gasteiger partial charge in [-0.3, -0.25) is 0 Å². The molecule has 0 aromatic heterocycles. The number of hydrogen-bond donors (Lipinski definition) is 2. The normalized spacial score (nSPS) is 14.3. The standard InChI is InChI=1S/C26H23F8NO2/c1-2-16-6-3-10-20(12-16)37-21-11-5-8-18(14-21)23(35-15-22(36)25(29,30)31)17-7-4-9-19(13-17)24(27,28)26(32,33)34/h3-14,22-23,35-36H,2,15H2,1H3/t22-,23-/m1/s1. The van der Waals surface area contributed by atoms with Gasteiger partial charge in [0.2, 0.25) is 0 Å². The zero-order valence-corrected chi connectivity index (χ0v) is 19.4. The maximum atomic E-state index is 14.0. The molecule has 3 nitrogen and oxygen atoms in total. The maximum Gasteiger partial charge on any atom is 0.458 e. The van der Waals surface area contributed by atoms with E-state index in [0.717, 1.165) is 18.1 Å². The number of alkyl halides is 8. The lowest BCUT2D eigenvalue weighted by atomic mass is 9.95. The molecule has 0 heterocycles. The van der Waals surface area contributed by atoms with Gasteiger partial charge in [0.1, 0.15) is 11.5 Å². The minimum Gasteiger partial charge on any atom is -0.457 e. The van der Waals surface area contributed by atoms with E-state index < -0.39 is 42.5 Å². The van der Waals surface area contributed by atoms with Crippen LogP contribution in [0.3, 0.4) is 0 Å². The number of rotatable bonds is 9. The molecule has 0 bridgehead atoms. The van der Waals surface area contributed by atoms with E-state index in [0.29, 0.717) is 17.9 Å². The number of aliphatic hydroxyl groups excluding tert-OH is 1. The lowest BCUT2D eigenvalue weighted by Crippen LogP contribution is -2.40. The molecule has 0 unspecified atom stereocenters. The van der Waals surface area contributed by atoms with Crippen molar-refractivity contribution in [1.29, 1.82) is 0 Å². The van der Waals surface area contributed by atoms with E-state index in [9.17, 15) is 40.2 Å². The molecule has 3 rings (SSSR count). The Morgan fingerprint density at radius 3 is 1.95 bits per heavy atom. The zero-order valence-electron chi connectivity index (χ0n) is 19.4. The van der Waals surface area contributed by atoms with E-state index in [1.54, 1.807) is 24.3 Å². The van der Waals surface area contributed by atoms with Crippen molar-refractivity contribution in [3.8, 4) is 11.5 Å². The Kier molecular flexibility index (Phi) is 8.49. The van der Waals surface area contributed by atoms with Crippen molar-refractivity contribution in [2.24, 2.45) is 0 Å². The van der Waals surface area contributed by atoms with Crippen LogP contribution in [0.25, 0.3) is 0 Å². The molecule has 0 saturated carbocycles. The van der Waals surface area contributed by atoms with Crippen molar-refractivity contribution in [2.75, 3.05) is 6.54 Å². The Morgan fingerprint density at radius 1 is 0.784 bits per heavy atom. The summed E-state index contributed by atoms with van der Waals surface area (Å²) in [4.78, 5) is 0. The van der Waals surface area contributed by atoms with Crippen LogP contribution < -0.4 is 10.1 Å². The zero-order chi connectivity index (χ0) is 27.4. The van der Waals surface area contributed by atoms with Gasteiger partial charge in [-0.1, -0.05) is 49.4 Å². The van der Waals surface area contributed by atoms with Crippen LogP contribution in [0.1, 0.15) is 35.2 Å². The summed E-state index contributed by atoms with van der Waals surface area (Å²) in [6, 6.07) is 15.1. The van der Waals surface area contributed by atoms with Gasteiger partial charge in [-0.15, -0.1) is 0 Å². The highest BCUT2D eigenvalue weighted by Gasteiger charge is 2.58. The molecule has 11 heteroatoms. The summed E-state index contributed by atoms with van der Waals surface area (Å²) in [5.41, 5.74) is -0.340. The Morgan fingerprint density at radius 2 is 1.35 bits per heavy atom. The number of aliphatic hydroxyl groups is 1. The minimum absolute atomic E-state index is 0.166. The number of aryl methyl sites for hydroxylation is 1. The van der Waals surface area contributed by atoms with Gasteiger partial charge in [0.05, 0.1) is 6.04 Å². The SMILES string of the molecule is CCc1cccc(Oc2cccc([C@H](NC[C@@H](O)C(F)(F)F)c3cccc(C(F)(F)C(F)(F)F)c3)c2)c1. The number of benzene rings is 3. The molecule has 2 atom stereocenters. The first-order valence-electron chi connectivity index (χ1n) is 11.1. The van der Waals surface area contributed by atoms with Gasteiger partial charge in [0.15, 0.2) is 6.10 Å². The van der Waals surface area contributed by atoms with Crippen LogP contribution in [0.15, 0.2) is 72.8 Å². The molecular weight excluding hydrogens is 510 g/mol. The molecule has 37 heavy (non-hydrogen) atoms. The Hall–Kier alpha value is -3.18. The Bertz CT molecular complexity index is 1190. The van der Waals surface area contributed by atoms with Crippen LogP contribution in [0.4, 0.5) is 35.1 Å². The van der Waals surface area contributed by atoms with Crippen LogP contribution in [0, 0.1) is 0 Å². The second-order valence-electron chi connectivity index (χ2n) is 8.27. The fourth-order valence-corrected chi connectivity index (χ4v) is 3.57. The van der Waals surface area contributed by atoms with Gasteiger partial charge in [-0.25, -0.2) is 0 Å². The molecule has 0 saturated heterocycles. The summed E-state index contributed by atoms with van der Waals surface area (Å²) in [6.45, 7) is 0.902. The highest BCUT2D eigenvalue weighted by atomic mass is 19.4. The molecular formula is C26H23F8NO2. The molecule has 0 radical (unpaired) electrons. The predicted octanol–water partition coefficient (Wildman–Crippen LogP) is 7.30. The summed E-state index contributed by atoms with van der Waals surface area (Å²) in [7, 11) is 0. The molecule has 0 aliphatic rings. The number of hydrogen-bond acceptors (Lipinski definition) is 3. The third-order valence-electron chi connectivity index (χ3n) is 5.57. The summed E-state index contributed by atoms with van der Waals surface area (Å²) in [5, 5.41) is 11.9. The minimum atomic E-state index is -5.87. The van der Waals surface area contributed by atoms with E-state index in [1.807, 2.05) is 13.0 Å². The van der Waals surface area contributed by atoms with E-state index in [1.165, 1.54) is 24.3 Å². The molecule has 0 aliphatic heterocycles. The highest BCUT2D eigenvalue weighted by molar-refractivity contribution is 5.41. The van der Waals surface area contributed by atoms with Crippen LogP contribution in [0.2, 0.25) is 0 Å². The van der Waals surface area contributed by atoms with Crippen molar-refractivity contribution >= 4 is 0 Å². The summed E-state index contributed by atoms with van der Waals surface area (Å²) in [6.07, 6.45) is -12.9. The first-order chi connectivity index (χ1) is 17.2. The lowest BCUT2D eigenvalue weighted by Gasteiger charge is -2.25. The van der Waals surface area contributed by atoms with Crippen LogP contribution in [0.5, 0.6) is 11.5 Å². The molecule has 2 N–H and O–H groups in total. The third kappa shape index (κ3) is 6.98. The quantitative estimate of drug-likeness (QED) is 0.284. The van der Waals surface area contributed by atoms with Gasteiger partial charge in [-0.05, 0) is 53.4 Å². The van der Waals surface area contributed by atoms with Gasteiger partial charge in [-0.2, -0.15) is 35.1 Å². The Balaban J connectivity index is 2.00. The number of nitrogens with one attached hydrogen (secondary N) is 1. The van der Waals surface area contributed by atoms with Gasteiger partial charge < -0.3 is 15.2 Å². The predicted molar refractivity (Wildman–Crippen MR) is 121 cm³/mol. The highest BCUT2D eigenvalue weighted by Crippen LogP contribution is 2.44. The molecule has 200 valence electrons. The topological polar surface area (TPSA) is 41.5 Å². The van der Waals surface area contributed by atoms with Gasteiger partial charge >= 0.3 is 18.3 Å². The van der Waals surface area contributed by atoms with Crippen LogP contribution in [-0.4, -0.2) is 30.1 Å². The number of ether oxygens (including phenoxy) is 1. The molecule has 3 aromatic rings. The van der Waals surface area contributed by atoms with E-state index in [-0.39, 0.29) is 16.9 Å². The first kappa shape index (κ1) is 28.4. The van der Waals surface area contributed by atoms with Crippen molar-refractivity contribution in [3.05, 3.63) is 95.1 Å².